The normalized spacial score (nSPS) is 10.6. The molecule has 0 saturated carbocycles. The van der Waals surface area contributed by atoms with E-state index in [0.717, 1.165) is 11.1 Å². The number of hydrogen-bond acceptors (Lipinski definition) is 2. The van der Waals surface area contributed by atoms with Gasteiger partial charge in [0.25, 0.3) is 0 Å². The third-order valence-corrected chi connectivity index (χ3v) is 3.20. The van der Waals surface area contributed by atoms with Crippen LogP contribution in [0.25, 0.3) is 0 Å². The summed E-state index contributed by atoms with van der Waals surface area (Å²) >= 11 is 0. The monoisotopic (exact) mass is 308 g/mol. The van der Waals surface area contributed by atoms with Gasteiger partial charge in [-0.2, -0.15) is 0 Å². The second-order valence-corrected chi connectivity index (χ2v) is 6.21. The Bertz CT molecular complexity index is 780. The molecule has 0 aliphatic rings. The summed E-state index contributed by atoms with van der Waals surface area (Å²) in [4.78, 5) is 12.9. The highest BCUT2D eigenvalue weighted by Gasteiger charge is 2.27. The van der Waals surface area contributed by atoms with Crippen LogP contribution in [0, 0.1) is 11.8 Å². The Balaban J connectivity index is 2.36. The number of carbonyl (C=O) groups is 1. The van der Waals surface area contributed by atoms with E-state index in [1.165, 1.54) is 4.90 Å². The maximum absolute atomic E-state index is 11.6. The Labute approximate surface area is 136 Å². The van der Waals surface area contributed by atoms with E-state index in [1.54, 1.807) is 30.3 Å². The molecule has 0 unspecified atom stereocenters. The fourth-order valence-corrected chi connectivity index (χ4v) is 2.27. The standard InChI is InChI=1S/C19H20N2O2/c1-19(2,3)21(18(22)23)17-9-5-7-15(13-17)11-10-14-6-4-8-16(20)12-14/h4-9,12-13H,20H2,1-3H3,(H,22,23). The number of nitrogens with zero attached hydrogens (tertiary/aromatic N) is 1. The predicted molar refractivity (Wildman–Crippen MR) is 93.5 cm³/mol. The Morgan fingerprint density at radius 3 is 2.13 bits per heavy atom. The number of anilines is 2. The van der Waals surface area contributed by atoms with Crippen LogP contribution in [0.15, 0.2) is 48.5 Å². The highest BCUT2D eigenvalue weighted by atomic mass is 16.4. The van der Waals surface area contributed by atoms with Gasteiger partial charge in [-0.05, 0) is 57.2 Å². The Morgan fingerprint density at radius 2 is 1.61 bits per heavy atom. The molecule has 23 heavy (non-hydrogen) atoms. The van der Waals surface area contributed by atoms with Crippen molar-refractivity contribution in [3.05, 3.63) is 59.7 Å². The third-order valence-electron chi connectivity index (χ3n) is 3.20. The van der Waals surface area contributed by atoms with Gasteiger partial charge in [0, 0.05) is 28.0 Å². The third kappa shape index (κ3) is 4.27. The van der Waals surface area contributed by atoms with Gasteiger partial charge < -0.3 is 10.8 Å². The molecule has 0 atom stereocenters. The molecule has 0 radical (unpaired) electrons. The van der Waals surface area contributed by atoms with Crippen LogP contribution in [0.4, 0.5) is 16.2 Å². The molecule has 3 N–H and O–H groups in total. The maximum atomic E-state index is 11.6. The molecule has 118 valence electrons. The van der Waals surface area contributed by atoms with Crippen LogP contribution in [-0.4, -0.2) is 16.7 Å². The molecule has 0 aliphatic heterocycles. The van der Waals surface area contributed by atoms with Crippen LogP contribution in [0.2, 0.25) is 0 Å². The lowest BCUT2D eigenvalue weighted by Gasteiger charge is -2.33. The van der Waals surface area contributed by atoms with Crippen molar-refractivity contribution in [1.82, 2.24) is 0 Å². The number of benzene rings is 2. The lowest BCUT2D eigenvalue weighted by molar-refractivity contribution is 0.195. The van der Waals surface area contributed by atoms with E-state index in [2.05, 4.69) is 11.8 Å². The smallest absolute Gasteiger partial charge is 0.412 e. The molecule has 0 aliphatic carbocycles. The molecule has 2 aromatic carbocycles. The van der Waals surface area contributed by atoms with Crippen LogP contribution in [0.1, 0.15) is 31.9 Å². The second-order valence-electron chi connectivity index (χ2n) is 6.21. The highest BCUT2D eigenvalue weighted by molar-refractivity contribution is 5.87. The molecule has 4 nitrogen and oxygen atoms in total. The van der Waals surface area contributed by atoms with Crippen molar-refractivity contribution in [1.29, 1.82) is 0 Å². The molecular weight excluding hydrogens is 288 g/mol. The van der Waals surface area contributed by atoms with Crippen molar-refractivity contribution in [2.24, 2.45) is 0 Å². The first-order chi connectivity index (χ1) is 10.8. The minimum atomic E-state index is -0.988. The van der Waals surface area contributed by atoms with Crippen LogP contribution < -0.4 is 10.6 Å². The van der Waals surface area contributed by atoms with E-state index in [1.807, 2.05) is 39.0 Å². The summed E-state index contributed by atoms with van der Waals surface area (Å²) in [6.07, 6.45) is -0.988. The van der Waals surface area contributed by atoms with Gasteiger partial charge in [-0.3, -0.25) is 4.90 Å². The van der Waals surface area contributed by atoms with E-state index < -0.39 is 11.6 Å². The van der Waals surface area contributed by atoms with Crippen molar-refractivity contribution >= 4 is 17.5 Å². The van der Waals surface area contributed by atoms with Crippen molar-refractivity contribution < 1.29 is 9.90 Å². The van der Waals surface area contributed by atoms with E-state index in [9.17, 15) is 9.90 Å². The molecule has 0 bridgehead atoms. The molecule has 0 saturated heterocycles. The van der Waals surface area contributed by atoms with Crippen LogP contribution in [-0.2, 0) is 0 Å². The van der Waals surface area contributed by atoms with Gasteiger partial charge in [-0.15, -0.1) is 0 Å². The number of carboxylic acid groups (broad SMARTS) is 1. The molecule has 2 rings (SSSR count). The average molecular weight is 308 g/mol. The van der Waals surface area contributed by atoms with Gasteiger partial charge in [0.15, 0.2) is 0 Å². The average Bonchev–Trinajstić information content (AvgIpc) is 2.44. The van der Waals surface area contributed by atoms with E-state index in [4.69, 9.17) is 5.73 Å². The largest absolute Gasteiger partial charge is 0.465 e. The van der Waals surface area contributed by atoms with Gasteiger partial charge in [-0.1, -0.05) is 24.0 Å². The first-order valence-corrected chi connectivity index (χ1v) is 7.28. The number of nitrogens with two attached hydrogens (primary N) is 1. The fraction of sp³-hybridized carbons (Fsp3) is 0.211. The first kappa shape index (κ1) is 16.4. The van der Waals surface area contributed by atoms with Crippen LogP contribution >= 0.6 is 0 Å². The van der Waals surface area contributed by atoms with Gasteiger partial charge in [0.2, 0.25) is 0 Å². The predicted octanol–water partition coefficient (Wildman–Crippen LogP) is 3.95. The van der Waals surface area contributed by atoms with Gasteiger partial charge in [0.1, 0.15) is 0 Å². The zero-order chi connectivity index (χ0) is 17.0. The van der Waals surface area contributed by atoms with E-state index in [-0.39, 0.29) is 0 Å². The Hall–Kier alpha value is -2.93. The SMILES string of the molecule is CC(C)(C)N(C(=O)O)c1cccc(C#Cc2cccc(N)c2)c1. The summed E-state index contributed by atoms with van der Waals surface area (Å²) in [5.41, 5.74) is 8.03. The quantitative estimate of drug-likeness (QED) is 0.619. The van der Waals surface area contributed by atoms with Gasteiger partial charge in [-0.25, -0.2) is 4.79 Å². The summed E-state index contributed by atoms with van der Waals surface area (Å²) in [6, 6.07) is 14.5. The molecular formula is C19H20N2O2. The van der Waals surface area contributed by atoms with Crippen LogP contribution in [0.3, 0.4) is 0 Å². The van der Waals surface area contributed by atoms with Crippen LogP contribution in [0.5, 0.6) is 0 Å². The molecule has 0 spiro atoms. The van der Waals surface area contributed by atoms with Crippen molar-refractivity contribution in [3.63, 3.8) is 0 Å². The van der Waals surface area contributed by atoms with Gasteiger partial charge >= 0.3 is 6.09 Å². The molecule has 2 aromatic rings. The number of nitrogen functional groups attached to an aromatic ring is 1. The lowest BCUT2D eigenvalue weighted by atomic mass is 10.0. The number of rotatable bonds is 1. The minimum Gasteiger partial charge on any atom is -0.465 e. The summed E-state index contributed by atoms with van der Waals surface area (Å²) in [5.74, 6) is 6.09. The van der Waals surface area contributed by atoms with E-state index in [0.29, 0.717) is 11.4 Å². The molecule has 0 heterocycles. The summed E-state index contributed by atoms with van der Waals surface area (Å²) in [6.45, 7) is 5.56. The van der Waals surface area contributed by atoms with Gasteiger partial charge in [0.05, 0.1) is 0 Å². The second kappa shape index (κ2) is 6.45. The maximum Gasteiger partial charge on any atom is 0.412 e. The Morgan fingerprint density at radius 1 is 1.04 bits per heavy atom. The number of amides is 1. The first-order valence-electron chi connectivity index (χ1n) is 7.28. The summed E-state index contributed by atoms with van der Waals surface area (Å²) in [5, 5.41) is 9.47. The highest BCUT2D eigenvalue weighted by Crippen LogP contribution is 2.24. The van der Waals surface area contributed by atoms with Crippen molar-refractivity contribution in [3.8, 4) is 11.8 Å². The molecule has 4 heteroatoms. The van der Waals surface area contributed by atoms with Crippen molar-refractivity contribution in [2.45, 2.75) is 26.3 Å². The number of hydrogen-bond donors (Lipinski definition) is 2. The molecule has 1 amide bonds. The molecule has 0 aromatic heterocycles. The Kier molecular flexibility index (Phi) is 4.61. The minimum absolute atomic E-state index is 0.536. The zero-order valence-electron chi connectivity index (χ0n) is 13.5. The summed E-state index contributed by atoms with van der Waals surface area (Å²) in [7, 11) is 0. The lowest BCUT2D eigenvalue weighted by Crippen LogP contribution is -2.45. The van der Waals surface area contributed by atoms with Crippen molar-refractivity contribution in [2.75, 3.05) is 10.6 Å². The van der Waals surface area contributed by atoms with E-state index >= 15 is 0 Å². The molecule has 0 fully saturated rings. The summed E-state index contributed by atoms with van der Waals surface area (Å²) < 4.78 is 0. The topological polar surface area (TPSA) is 66.6 Å². The zero-order valence-corrected chi connectivity index (χ0v) is 13.5. The fourth-order valence-electron chi connectivity index (χ4n) is 2.27.